The number of carbonyl (C=O) groups excluding carboxylic acids is 1. The zero-order valence-corrected chi connectivity index (χ0v) is 12.2. The van der Waals surface area contributed by atoms with Crippen LogP contribution in [-0.4, -0.2) is 11.1 Å². The van der Waals surface area contributed by atoms with Crippen LogP contribution in [0.5, 0.6) is 0 Å². The molecule has 0 aliphatic rings. The summed E-state index contributed by atoms with van der Waals surface area (Å²) >= 11 is 0. The lowest BCUT2D eigenvalue weighted by Gasteiger charge is -2.16. The smallest absolute Gasteiger partial charge is 0.243 e. The van der Waals surface area contributed by atoms with Crippen LogP contribution in [0.25, 0.3) is 0 Å². The van der Waals surface area contributed by atoms with Crippen molar-refractivity contribution in [3.05, 3.63) is 0 Å². The molecular weight excluding hydrogens is 226 g/mol. The first kappa shape index (κ1) is 17.4. The maximum Gasteiger partial charge on any atom is 0.243 e. The fraction of sp³-hybridized carbons (Fsp3) is 0.933. The Kier molecular flexibility index (Phi) is 12.5. The Morgan fingerprint density at radius 1 is 0.944 bits per heavy atom. The summed E-state index contributed by atoms with van der Waals surface area (Å²) in [7, 11) is 0. The topological polar surface area (TPSA) is 49.3 Å². The zero-order chi connectivity index (χ0) is 13.6. The molecule has 0 aromatic carbocycles. The summed E-state index contributed by atoms with van der Waals surface area (Å²) in [6.07, 6.45) is 12.9. The third kappa shape index (κ3) is 10.6. The molecule has 2 N–H and O–H groups in total. The molecule has 0 fully saturated rings. The molecule has 0 saturated carbocycles. The minimum Gasteiger partial charge on any atom is -0.289 e. The third-order valence-corrected chi connectivity index (χ3v) is 3.57. The largest absolute Gasteiger partial charge is 0.289 e. The summed E-state index contributed by atoms with van der Waals surface area (Å²) in [6.45, 7) is 4.47. The first-order valence-corrected chi connectivity index (χ1v) is 7.67. The average molecular weight is 257 g/mol. The number of hydroxylamine groups is 1. The zero-order valence-electron chi connectivity index (χ0n) is 12.2. The Hall–Kier alpha value is -0.570. The molecule has 0 saturated heterocycles. The van der Waals surface area contributed by atoms with E-state index in [4.69, 9.17) is 5.21 Å². The van der Waals surface area contributed by atoms with Crippen LogP contribution in [0.1, 0.15) is 84.5 Å². The molecule has 3 nitrogen and oxygen atoms in total. The predicted octanol–water partition coefficient (Wildman–Crippen LogP) is 4.44. The molecule has 1 amide bonds. The maximum atomic E-state index is 11.0. The molecule has 0 bridgehead atoms. The van der Waals surface area contributed by atoms with Crippen LogP contribution >= 0.6 is 0 Å². The van der Waals surface area contributed by atoms with E-state index in [0.29, 0.717) is 6.42 Å². The lowest BCUT2D eigenvalue weighted by Crippen LogP contribution is -2.18. The lowest BCUT2D eigenvalue weighted by molar-refractivity contribution is -0.129. The van der Waals surface area contributed by atoms with E-state index in [1.807, 2.05) is 0 Å². The Bertz CT molecular complexity index is 185. The van der Waals surface area contributed by atoms with Crippen molar-refractivity contribution < 1.29 is 10.0 Å². The molecule has 0 atom stereocenters. The number of carbonyl (C=O) groups is 1. The maximum absolute atomic E-state index is 11.0. The SMILES string of the molecule is CCCCCC(CCCCC)CCCC(=O)NO. The molecule has 18 heavy (non-hydrogen) atoms. The van der Waals surface area contributed by atoms with Gasteiger partial charge in [-0.25, -0.2) is 5.48 Å². The normalized spacial score (nSPS) is 10.9. The Morgan fingerprint density at radius 3 is 1.89 bits per heavy atom. The molecule has 0 aromatic heterocycles. The Morgan fingerprint density at radius 2 is 1.44 bits per heavy atom. The molecule has 108 valence electrons. The van der Waals surface area contributed by atoms with Gasteiger partial charge in [0, 0.05) is 6.42 Å². The van der Waals surface area contributed by atoms with Crippen LogP contribution in [0.3, 0.4) is 0 Å². The van der Waals surface area contributed by atoms with Crippen molar-refractivity contribution in [2.75, 3.05) is 0 Å². The van der Waals surface area contributed by atoms with E-state index in [1.165, 1.54) is 51.4 Å². The van der Waals surface area contributed by atoms with Gasteiger partial charge in [0.25, 0.3) is 0 Å². The lowest BCUT2D eigenvalue weighted by atomic mass is 9.90. The summed E-state index contributed by atoms with van der Waals surface area (Å²) in [5.41, 5.74) is 1.70. The highest BCUT2D eigenvalue weighted by molar-refractivity contribution is 5.74. The van der Waals surface area contributed by atoms with Crippen LogP contribution in [0, 0.1) is 5.92 Å². The number of hydrogen-bond donors (Lipinski definition) is 2. The number of rotatable bonds is 12. The van der Waals surface area contributed by atoms with Crippen LogP contribution in [0.15, 0.2) is 0 Å². The van der Waals surface area contributed by atoms with Gasteiger partial charge in [0.15, 0.2) is 0 Å². The Balaban J connectivity index is 3.76. The van der Waals surface area contributed by atoms with E-state index in [-0.39, 0.29) is 5.91 Å². The fourth-order valence-electron chi connectivity index (χ4n) is 2.41. The number of amides is 1. The van der Waals surface area contributed by atoms with Crippen molar-refractivity contribution in [2.45, 2.75) is 84.5 Å². The summed E-state index contributed by atoms with van der Waals surface area (Å²) in [6, 6.07) is 0. The van der Waals surface area contributed by atoms with Crippen LogP contribution in [0.4, 0.5) is 0 Å². The van der Waals surface area contributed by atoms with E-state index in [0.717, 1.165) is 18.8 Å². The van der Waals surface area contributed by atoms with Crippen molar-refractivity contribution in [1.82, 2.24) is 5.48 Å². The first-order valence-electron chi connectivity index (χ1n) is 7.67. The van der Waals surface area contributed by atoms with Gasteiger partial charge in [0.1, 0.15) is 0 Å². The fourth-order valence-corrected chi connectivity index (χ4v) is 2.41. The number of hydrogen-bond acceptors (Lipinski definition) is 2. The van der Waals surface area contributed by atoms with Crippen LogP contribution in [0.2, 0.25) is 0 Å². The van der Waals surface area contributed by atoms with Crippen LogP contribution in [-0.2, 0) is 4.79 Å². The van der Waals surface area contributed by atoms with Crippen molar-refractivity contribution >= 4 is 5.91 Å². The number of unbranched alkanes of at least 4 members (excludes halogenated alkanes) is 4. The van der Waals surface area contributed by atoms with Gasteiger partial charge in [-0.3, -0.25) is 10.0 Å². The first-order chi connectivity index (χ1) is 8.74. The molecule has 0 unspecified atom stereocenters. The second-order valence-electron chi connectivity index (χ2n) is 5.28. The molecule has 0 aromatic rings. The van der Waals surface area contributed by atoms with Gasteiger partial charge in [-0.1, -0.05) is 65.2 Å². The van der Waals surface area contributed by atoms with Gasteiger partial charge in [-0.2, -0.15) is 0 Å². The van der Waals surface area contributed by atoms with Crippen molar-refractivity contribution in [2.24, 2.45) is 5.92 Å². The molecule has 0 radical (unpaired) electrons. The van der Waals surface area contributed by atoms with E-state index in [2.05, 4.69) is 13.8 Å². The summed E-state index contributed by atoms with van der Waals surface area (Å²) < 4.78 is 0. The quantitative estimate of drug-likeness (QED) is 0.308. The van der Waals surface area contributed by atoms with Crippen LogP contribution < -0.4 is 5.48 Å². The van der Waals surface area contributed by atoms with Crippen molar-refractivity contribution in [3.8, 4) is 0 Å². The van der Waals surface area contributed by atoms with Crippen molar-refractivity contribution in [3.63, 3.8) is 0 Å². The van der Waals surface area contributed by atoms with Gasteiger partial charge in [0.2, 0.25) is 5.91 Å². The molecule has 0 rings (SSSR count). The molecule has 0 spiro atoms. The van der Waals surface area contributed by atoms with Gasteiger partial charge in [-0.15, -0.1) is 0 Å². The molecule has 3 heteroatoms. The number of nitrogens with one attached hydrogen (secondary N) is 1. The second kappa shape index (κ2) is 12.9. The second-order valence-corrected chi connectivity index (χ2v) is 5.28. The molecule has 0 aliphatic carbocycles. The summed E-state index contributed by atoms with van der Waals surface area (Å²) in [5, 5.41) is 8.45. The van der Waals surface area contributed by atoms with E-state index in [9.17, 15) is 4.79 Å². The van der Waals surface area contributed by atoms with E-state index < -0.39 is 0 Å². The minimum absolute atomic E-state index is 0.254. The van der Waals surface area contributed by atoms with E-state index in [1.54, 1.807) is 5.48 Å². The van der Waals surface area contributed by atoms with Gasteiger partial charge >= 0.3 is 0 Å². The third-order valence-electron chi connectivity index (χ3n) is 3.57. The average Bonchev–Trinajstić information content (AvgIpc) is 2.38. The highest BCUT2D eigenvalue weighted by Crippen LogP contribution is 2.22. The standard InChI is InChI=1S/C15H31NO2/c1-3-5-7-10-14(11-8-6-4-2)12-9-13-15(17)16-18/h14,18H,3-13H2,1-2H3,(H,16,17). The molecule has 0 heterocycles. The van der Waals surface area contributed by atoms with Gasteiger partial charge in [-0.05, 0) is 18.8 Å². The summed E-state index contributed by atoms with van der Waals surface area (Å²) in [5.74, 6) is 0.519. The minimum atomic E-state index is -0.254. The summed E-state index contributed by atoms with van der Waals surface area (Å²) in [4.78, 5) is 11.0. The monoisotopic (exact) mass is 257 g/mol. The predicted molar refractivity (Wildman–Crippen MR) is 75.6 cm³/mol. The van der Waals surface area contributed by atoms with Crippen molar-refractivity contribution in [1.29, 1.82) is 0 Å². The molecular formula is C15H31NO2. The van der Waals surface area contributed by atoms with Gasteiger partial charge in [0.05, 0.1) is 0 Å². The highest BCUT2D eigenvalue weighted by atomic mass is 16.5. The Labute approximate surface area is 112 Å². The van der Waals surface area contributed by atoms with Gasteiger partial charge < -0.3 is 0 Å². The molecule has 0 aliphatic heterocycles. The van der Waals surface area contributed by atoms with E-state index >= 15 is 0 Å². The highest BCUT2D eigenvalue weighted by Gasteiger charge is 2.09.